The predicted molar refractivity (Wildman–Crippen MR) is 92.8 cm³/mol. The van der Waals surface area contributed by atoms with E-state index in [0.29, 0.717) is 18.9 Å². The molecule has 2 heterocycles. The number of fused-ring (bicyclic) bond motifs is 2. The first-order valence-corrected chi connectivity index (χ1v) is 10.0. The first-order valence-electron chi connectivity index (χ1n) is 10.0. The average Bonchev–Trinajstić information content (AvgIpc) is 3.15. The fraction of sp³-hybridized carbons (Fsp3) is 1.00. The molecule has 0 aromatic heterocycles. The second-order valence-electron chi connectivity index (χ2n) is 9.70. The van der Waals surface area contributed by atoms with Gasteiger partial charge in [-0.05, 0) is 50.4 Å². The van der Waals surface area contributed by atoms with Crippen molar-refractivity contribution in [2.45, 2.75) is 89.3 Å². The standard InChI is InChI=1S/C20H34O5/c1-13-4-5-14-17(2,12-21)15(22)6-7-18(14,3)20(13)9-8-19(25-20)10-11-24-16(19)23/h13-16,21-23H,4-12H2,1-3H3/t13-,14-,15+,16-,17+,18+,19+,20-/m1/s1. The predicted octanol–water partition coefficient (Wildman–Crippen LogP) is 2.22. The Bertz CT molecular complexity index is 540. The highest BCUT2D eigenvalue weighted by Gasteiger charge is 2.70. The first-order chi connectivity index (χ1) is 11.7. The molecule has 3 N–H and O–H groups in total. The first kappa shape index (κ1) is 18.2. The van der Waals surface area contributed by atoms with Gasteiger partial charge in [0.25, 0.3) is 0 Å². The third-order valence-electron chi connectivity index (χ3n) is 8.81. The largest absolute Gasteiger partial charge is 0.396 e. The maximum absolute atomic E-state index is 10.7. The smallest absolute Gasteiger partial charge is 0.184 e. The number of ether oxygens (including phenoxy) is 2. The van der Waals surface area contributed by atoms with E-state index in [-0.39, 0.29) is 23.5 Å². The molecule has 0 aromatic rings. The third kappa shape index (κ3) is 2.13. The molecule has 2 spiro atoms. The zero-order valence-corrected chi connectivity index (χ0v) is 15.8. The van der Waals surface area contributed by atoms with Gasteiger partial charge in [-0.25, -0.2) is 0 Å². The number of aliphatic hydroxyl groups is 3. The van der Waals surface area contributed by atoms with Crippen LogP contribution in [0, 0.1) is 22.7 Å². The Kier molecular flexibility index (Phi) is 4.11. The number of hydrogen-bond acceptors (Lipinski definition) is 5. The van der Waals surface area contributed by atoms with E-state index < -0.39 is 23.4 Å². The van der Waals surface area contributed by atoms with E-state index in [2.05, 4.69) is 13.8 Å². The van der Waals surface area contributed by atoms with Crippen LogP contribution in [0.5, 0.6) is 0 Å². The van der Waals surface area contributed by atoms with Crippen molar-refractivity contribution in [2.24, 2.45) is 22.7 Å². The summed E-state index contributed by atoms with van der Waals surface area (Å²) in [6.07, 6.45) is 4.89. The summed E-state index contributed by atoms with van der Waals surface area (Å²) in [4.78, 5) is 0. The molecule has 0 unspecified atom stereocenters. The normalized spacial score (nSPS) is 58.8. The maximum atomic E-state index is 10.7. The molecule has 2 saturated carbocycles. The molecule has 4 rings (SSSR count). The second kappa shape index (κ2) is 5.65. The summed E-state index contributed by atoms with van der Waals surface area (Å²) in [6, 6.07) is 0. The molecule has 144 valence electrons. The molecule has 0 amide bonds. The highest BCUT2D eigenvalue weighted by molar-refractivity contribution is 5.18. The number of hydrogen-bond donors (Lipinski definition) is 3. The summed E-state index contributed by atoms with van der Waals surface area (Å²) < 4.78 is 12.3. The highest BCUT2D eigenvalue weighted by atomic mass is 16.7. The van der Waals surface area contributed by atoms with Gasteiger partial charge >= 0.3 is 0 Å². The number of rotatable bonds is 1. The fourth-order valence-corrected chi connectivity index (χ4v) is 7.06. The fourth-order valence-electron chi connectivity index (χ4n) is 7.06. The van der Waals surface area contributed by atoms with Crippen molar-refractivity contribution in [2.75, 3.05) is 13.2 Å². The summed E-state index contributed by atoms with van der Waals surface area (Å²) in [5.41, 5.74) is -1.46. The topological polar surface area (TPSA) is 79.2 Å². The molecule has 0 radical (unpaired) electrons. The Labute approximate surface area is 150 Å². The van der Waals surface area contributed by atoms with E-state index in [4.69, 9.17) is 9.47 Å². The highest BCUT2D eigenvalue weighted by Crippen LogP contribution is 2.68. The van der Waals surface area contributed by atoms with Gasteiger partial charge < -0.3 is 24.8 Å². The average molecular weight is 354 g/mol. The number of aliphatic hydroxyl groups excluding tert-OH is 3. The second-order valence-corrected chi connectivity index (χ2v) is 9.70. The van der Waals surface area contributed by atoms with Crippen molar-refractivity contribution < 1.29 is 24.8 Å². The molecule has 2 saturated heterocycles. The van der Waals surface area contributed by atoms with Gasteiger partial charge in [0, 0.05) is 17.3 Å². The Morgan fingerprint density at radius 1 is 1.00 bits per heavy atom. The minimum Gasteiger partial charge on any atom is -0.396 e. The molecule has 0 aromatic carbocycles. The van der Waals surface area contributed by atoms with Crippen molar-refractivity contribution in [3.8, 4) is 0 Å². The van der Waals surface area contributed by atoms with Gasteiger partial charge in [0.2, 0.25) is 0 Å². The minimum absolute atomic E-state index is 0.00969. The summed E-state index contributed by atoms with van der Waals surface area (Å²) >= 11 is 0. The Hall–Kier alpha value is -0.200. The van der Waals surface area contributed by atoms with Crippen molar-refractivity contribution in [1.29, 1.82) is 0 Å². The van der Waals surface area contributed by atoms with Crippen LogP contribution in [-0.4, -0.2) is 52.1 Å². The zero-order chi connectivity index (χ0) is 18.1. The molecule has 25 heavy (non-hydrogen) atoms. The van der Waals surface area contributed by atoms with Crippen molar-refractivity contribution >= 4 is 0 Å². The van der Waals surface area contributed by atoms with Crippen LogP contribution in [0.2, 0.25) is 0 Å². The van der Waals surface area contributed by atoms with Gasteiger partial charge in [-0.2, -0.15) is 0 Å². The summed E-state index contributed by atoms with van der Waals surface area (Å²) in [7, 11) is 0. The summed E-state index contributed by atoms with van der Waals surface area (Å²) in [5, 5.41) is 31.2. The lowest BCUT2D eigenvalue weighted by Gasteiger charge is -2.65. The summed E-state index contributed by atoms with van der Waals surface area (Å²) in [5.74, 6) is 0.624. The molecule has 8 atom stereocenters. The quantitative estimate of drug-likeness (QED) is 0.673. The molecular formula is C20H34O5. The molecule has 2 aliphatic heterocycles. The molecule has 4 aliphatic rings. The molecule has 4 fully saturated rings. The van der Waals surface area contributed by atoms with Crippen LogP contribution in [0.15, 0.2) is 0 Å². The third-order valence-corrected chi connectivity index (χ3v) is 8.81. The van der Waals surface area contributed by atoms with Crippen molar-refractivity contribution in [1.82, 2.24) is 0 Å². The van der Waals surface area contributed by atoms with E-state index in [0.717, 1.165) is 38.5 Å². The van der Waals surface area contributed by atoms with Crippen LogP contribution in [-0.2, 0) is 9.47 Å². The van der Waals surface area contributed by atoms with Crippen LogP contribution in [0.25, 0.3) is 0 Å². The van der Waals surface area contributed by atoms with Gasteiger partial charge in [-0.15, -0.1) is 0 Å². The van der Waals surface area contributed by atoms with Gasteiger partial charge in [-0.3, -0.25) is 0 Å². The monoisotopic (exact) mass is 354 g/mol. The lowest BCUT2D eigenvalue weighted by molar-refractivity contribution is -0.286. The van der Waals surface area contributed by atoms with Gasteiger partial charge in [0.1, 0.15) is 5.60 Å². The summed E-state index contributed by atoms with van der Waals surface area (Å²) in [6.45, 7) is 7.20. The van der Waals surface area contributed by atoms with E-state index >= 15 is 0 Å². The lowest BCUT2D eigenvalue weighted by Crippen LogP contribution is -2.66. The van der Waals surface area contributed by atoms with Crippen LogP contribution >= 0.6 is 0 Å². The zero-order valence-electron chi connectivity index (χ0n) is 15.8. The van der Waals surface area contributed by atoms with E-state index in [1.54, 1.807) is 0 Å². The van der Waals surface area contributed by atoms with Crippen LogP contribution in [0.4, 0.5) is 0 Å². The SMILES string of the molecule is C[C@@H]1CC[C@@H]2[C@](C)(CO)[C@@H](O)CC[C@]2(C)[C@@]12CC[C@@]1(CCO[C@H]1O)O2. The Balaban J connectivity index is 1.75. The lowest BCUT2D eigenvalue weighted by atomic mass is 9.43. The van der Waals surface area contributed by atoms with E-state index in [1.807, 2.05) is 6.92 Å². The molecular weight excluding hydrogens is 320 g/mol. The van der Waals surface area contributed by atoms with Crippen molar-refractivity contribution in [3.05, 3.63) is 0 Å². The van der Waals surface area contributed by atoms with Crippen LogP contribution < -0.4 is 0 Å². The van der Waals surface area contributed by atoms with Crippen LogP contribution in [0.3, 0.4) is 0 Å². The van der Waals surface area contributed by atoms with Crippen LogP contribution in [0.1, 0.15) is 65.7 Å². The van der Waals surface area contributed by atoms with E-state index in [9.17, 15) is 15.3 Å². The molecule has 5 heteroatoms. The molecule has 0 bridgehead atoms. The van der Waals surface area contributed by atoms with Gasteiger partial charge in [-0.1, -0.05) is 20.8 Å². The molecule has 5 nitrogen and oxygen atoms in total. The molecule has 2 aliphatic carbocycles. The minimum atomic E-state index is -0.832. The van der Waals surface area contributed by atoms with E-state index in [1.165, 1.54) is 0 Å². The van der Waals surface area contributed by atoms with Gasteiger partial charge in [0.05, 0.1) is 24.9 Å². The maximum Gasteiger partial charge on any atom is 0.184 e. The van der Waals surface area contributed by atoms with Crippen molar-refractivity contribution in [3.63, 3.8) is 0 Å². The Morgan fingerprint density at radius 2 is 1.76 bits per heavy atom. The van der Waals surface area contributed by atoms with Gasteiger partial charge in [0.15, 0.2) is 6.29 Å². The Morgan fingerprint density at radius 3 is 2.40 bits per heavy atom.